The molecule has 1 heterocycles. The first-order valence-corrected chi connectivity index (χ1v) is 32.4. The Bertz CT molecular complexity index is 1340. The third kappa shape index (κ3) is 42.5. The zero-order valence-electron chi connectivity index (χ0n) is 47.2. The second-order valence-electron chi connectivity index (χ2n) is 22.0. The second-order valence-corrected chi connectivity index (χ2v) is 23.0. The summed E-state index contributed by atoms with van der Waals surface area (Å²) in [4.78, 5) is 13.2. The Kier molecular flexibility index (Phi) is 48.2. The maximum atomic E-state index is 13.2. The van der Waals surface area contributed by atoms with E-state index in [0.29, 0.717) is 19.3 Å². The van der Waals surface area contributed by atoms with E-state index in [9.17, 15) is 38.2 Å². The average molecular weight is 1060 g/mol. The summed E-state index contributed by atoms with van der Waals surface area (Å²) in [6.45, 7) is 3.51. The number of hydrogen-bond donors (Lipinski definition) is 6. The zero-order valence-corrected chi connectivity index (χ0v) is 48.0. The number of carbonyl (C=O) groups excluding carboxylic acids is 1. The van der Waals surface area contributed by atoms with Crippen molar-refractivity contribution < 1.29 is 51.8 Å². The Morgan fingerprint density at radius 1 is 0.534 bits per heavy atom. The maximum absolute atomic E-state index is 13.2. The van der Waals surface area contributed by atoms with Crippen LogP contribution in [0.4, 0.5) is 0 Å². The Morgan fingerprint density at radius 3 is 1.23 bits per heavy atom. The molecule has 1 saturated heterocycles. The van der Waals surface area contributed by atoms with Crippen molar-refractivity contribution >= 4 is 16.3 Å². The summed E-state index contributed by atoms with van der Waals surface area (Å²) in [5.74, 6) is -0.227. The van der Waals surface area contributed by atoms with Crippen LogP contribution in [0.15, 0.2) is 12.2 Å². The van der Waals surface area contributed by atoms with Crippen molar-refractivity contribution in [2.75, 3.05) is 13.2 Å². The Hall–Kier alpha value is -1.16. The lowest BCUT2D eigenvalue weighted by atomic mass is 9.99. The van der Waals surface area contributed by atoms with E-state index in [4.69, 9.17) is 9.47 Å². The molecular formula is C60H117NO11S. The van der Waals surface area contributed by atoms with Gasteiger partial charge in [-0.2, -0.15) is 8.42 Å². The van der Waals surface area contributed by atoms with Crippen molar-refractivity contribution in [3.63, 3.8) is 0 Å². The lowest BCUT2D eigenvalue weighted by Crippen LogP contribution is -2.61. The molecule has 0 aromatic carbocycles. The van der Waals surface area contributed by atoms with Gasteiger partial charge in [0.2, 0.25) is 5.91 Å². The second kappa shape index (κ2) is 50.4. The van der Waals surface area contributed by atoms with Gasteiger partial charge in [0.25, 0.3) is 0 Å². The Morgan fingerprint density at radius 2 is 0.877 bits per heavy atom. The van der Waals surface area contributed by atoms with Gasteiger partial charge >= 0.3 is 10.4 Å². The third-order valence-electron chi connectivity index (χ3n) is 15.1. The molecule has 0 spiro atoms. The van der Waals surface area contributed by atoms with Gasteiger partial charge in [0.15, 0.2) is 6.29 Å². The van der Waals surface area contributed by atoms with Crippen molar-refractivity contribution in [3.05, 3.63) is 12.2 Å². The molecule has 1 fully saturated rings. The molecule has 7 atom stereocenters. The summed E-state index contributed by atoms with van der Waals surface area (Å²) in [5.41, 5.74) is 0. The number of hydrogen-bond acceptors (Lipinski definition) is 10. The van der Waals surface area contributed by atoms with E-state index in [2.05, 4.69) is 35.5 Å². The molecule has 73 heavy (non-hydrogen) atoms. The summed E-state index contributed by atoms with van der Waals surface area (Å²) in [6.07, 6.45) is 52.2. The number of rotatable bonds is 55. The summed E-state index contributed by atoms with van der Waals surface area (Å²) in [6, 6.07) is -0.859. The predicted molar refractivity (Wildman–Crippen MR) is 301 cm³/mol. The maximum Gasteiger partial charge on any atom is 0.397 e. The first kappa shape index (κ1) is 69.9. The minimum absolute atomic E-state index is 0.227. The smallest absolute Gasteiger partial charge is 0.394 e. The molecule has 1 rings (SSSR count). The molecule has 1 amide bonds. The molecule has 13 heteroatoms. The highest BCUT2D eigenvalue weighted by Crippen LogP contribution is 2.26. The number of aliphatic hydroxyl groups is 4. The Balaban J connectivity index is 2.32. The molecule has 12 nitrogen and oxygen atoms in total. The lowest BCUT2D eigenvalue weighted by molar-refractivity contribution is -0.298. The SMILES string of the molecule is CCCCCCCCCCCCCC/C=C\CCCCCCCCCCC(=O)NC(COC1OC(CO)C(O)C(OS(=O)(=O)O)C1O)C(O)CCCCCCCCCCCCCCCCCCCCCCCC. The van der Waals surface area contributed by atoms with Gasteiger partial charge in [0.1, 0.15) is 24.4 Å². The van der Waals surface area contributed by atoms with Gasteiger partial charge < -0.3 is 35.2 Å². The minimum Gasteiger partial charge on any atom is -0.394 e. The molecule has 6 N–H and O–H groups in total. The largest absolute Gasteiger partial charge is 0.397 e. The number of ether oxygens (including phenoxy) is 2. The zero-order chi connectivity index (χ0) is 53.3. The number of aliphatic hydroxyl groups excluding tert-OH is 4. The highest BCUT2D eigenvalue weighted by Gasteiger charge is 2.48. The number of nitrogens with one attached hydrogen (secondary N) is 1. The van der Waals surface area contributed by atoms with Crippen LogP contribution < -0.4 is 5.32 Å². The van der Waals surface area contributed by atoms with E-state index in [-0.39, 0.29) is 12.5 Å². The first-order valence-electron chi connectivity index (χ1n) is 31.1. The van der Waals surface area contributed by atoms with Gasteiger partial charge in [-0.3, -0.25) is 9.35 Å². The topological polar surface area (TPSA) is 192 Å². The van der Waals surface area contributed by atoms with Crippen molar-refractivity contribution in [2.24, 2.45) is 0 Å². The van der Waals surface area contributed by atoms with Crippen LogP contribution in [0.3, 0.4) is 0 Å². The highest BCUT2D eigenvalue weighted by molar-refractivity contribution is 7.80. The fourth-order valence-corrected chi connectivity index (χ4v) is 10.8. The van der Waals surface area contributed by atoms with Gasteiger partial charge in [0, 0.05) is 6.42 Å². The molecule has 0 aliphatic carbocycles. The molecule has 0 bridgehead atoms. The fraction of sp³-hybridized carbons (Fsp3) is 0.950. The normalized spacial score (nSPS) is 19.2. The van der Waals surface area contributed by atoms with Crippen LogP contribution >= 0.6 is 0 Å². The molecular weight excluding hydrogens is 943 g/mol. The summed E-state index contributed by atoms with van der Waals surface area (Å²) in [7, 11) is -5.08. The van der Waals surface area contributed by atoms with Crippen molar-refractivity contribution in [2.45, 2.75) is 352 Å². The summed E-state index contributed by atoms with van der Waals surface area (Å²) >= 11 is 0. The van der Waals surface area contributed by atoms with E-state index in [1.807, 2.05) is 0 Å². The van der Waals surface area contributed by atoms with Crippen LogP contribution in [0.5, 0.6) is 0 Å². The van der Waals surface area contributed by atoms with Gasteiger partial charge in [-0.05, 0) is 38.5 Å². The van der Waals surface area contributed by atoms with Gasteiger partial charge in [0.05, 0.1) is 25.4 Å². The van der Waals surface area contributed by atoms with Crippen LogP contribution in [0.1, 0.15) is 309 Å². The van der Waals surface area contributed by atoms with E-state index in [1.165, 1.54) is 225 Å². The molecule has 0 aromatic rings. The summed E-state index contributed by atoms with van der Waals surface area (Å²) in [5, 5.41) is 45.2. The molecule has 1 aliphatic heterocycles. The summed E-state index contributed by atoms with van der Waals surface area (Å²) < 4.78 is 48.0. The monoisotopic (exact) mass is 1060 g/mol. The van der Waals surface area contributed by atoms with Gasteiger partial charge in [-0.15, -0.1) is 0 Å². The van der Waals surface area contributed by atoms with Crippen LogP contribution in [0.25, 0.3) is 0 Å². The van der Waals surface area contributed by atoms with Crippen LogP contribution in [0, 0.1) is 0 Å². The van der Waals surface area contributed by atoms with Crippen LogP contribution in [-0.2, 0) is 28.9 Å². The molecule has 0 radical (unpaired) electrons. The van der Waals surface area contributed by atoms with E-state index >= 15 is 0 Å². The average Bonchev–Trinajstić information content (AvgIpc) is 3.37. The molecule has 0 aromatic heterocycles. The van der Waals surface area contributed by atoms with E-state index < -0.39 is 59.9 Å². The highest BCUT2D eigenvalue weighted by atomic mass is 32.3. The molecule has 7 unspecified atom stereocenters. The minimum atomic E-state index is -5.08. The first-order chi connectivity index (χ1) is 35.5. The number of allylic oxidation sites excluding steroid dienone is 2. The van der Waals surface area contributed by atoms with Crippen molar-refractivity contribution in [1.82, 2.24) is 5.32 Å². The quantitative estimate of drug-likeness (QED) is 0.0193. The van der Waals surface area contributed by atoms with Gasteiger partial charge in [-0.1, -0.05) is 276 Å². The molecule has 0 saturated carbocycles. The van der Waals surface area contributed by atoms with E-state index in [1.54, 1.807) is 0 Å². The Labute approximate surface area is 449 Å². The predicted octanol–water partition coefficient (Wildman–Crippen LogP) is 15.0. The number of amides is 1. The van der Waals surface area contributed by atoms with Crippen LogP contribution in [0.2, 0.25) is 0 Å². The number of carbonyl (C=O) groups is 1. The van der Waals surface area contributed by atoms with Crippen molar-refractivity contribution in [3.8, 4) is 0 Å². The molecule has 434 valence electrons. The standard InChI is InChI=1S/C60H117NO11S/c1-3-5-7-9-11-13-15-17-19-21-23-25-27-28-30-32-34-36-38-40-42-44-46-48-50-56(64)61-53(52-70-60-58(66)59(72-73(67,68)69)57(65)55(51-62)71-60)54(63)49-47-45-43-41-39-37-35-33-31-29-26-24-22-20-18-16-14-12-10-8-6-4-2/h28,30,53-55,57-60,62-63,65-66H,3-27,29,31-52H2,1-2H3,(H,61,64)(H,67,68,69)/b30-28-. The lowest BCUT2D eigenvalue weighted by Gasteiger charge is -2.41. The fourth-order valence-electron chi connectivity index (χ4n) is 10.3. The molecule has 1 aliphatic rings. The number of unbranched alkanes of at least 4 members (excludes halogenated alkanes) is 41. The van der Waals surface area contributed by atoms with E-state index in [0.717, 1.165) is 51.4 Å². The van der Waals surface area contributed by atoms with Crippen molar-refractivity contribution in [1.29, 1.82) is 0 Å². The van der Waals surface area contributed by atoms with Gasteiger partial charge in [-0.25, -0.2) is 4.18 Å². The third-order valence-corrected chi connectivity index (χ3v) is 15.5. The van der Waals surface area contributed by atoms with Crippen LogP contribution in [-0.4, -0.2) is 95.4 Å².